The largest absolute Gasteiger partial charge is 0.508 e. The van der Waals surface area contributed by atoms with Gasteiger partial charge in [-0.25, -0.2) is 4.79 Å². The molecule has 7 N–H and O–H groups in total. The number of hydrogen-bond acceptors (Lipinski definition) is 8. The molecule has 0 saturated carbocycles. The minimum atomic E-state index is -1.03. The predicted molar refractivity (Wildman–Crippen MR) is 151 cm³/mol. The molecule has 0 spiro atoms. The lowest BCUT2D eigenvalue weighted by Gasteiger charge is -2.23. The highest BCUT2D eigenvalue weighted by atomic mass is 16.5. The van der Waals surface area contributed by atoms with Gasteiger partial charge in [0.05, 0.1) is 26.2 Å². The first kappa shape index (κ1) is 32.8. The SMILES string of the molecule is COC(=O)[C@H](CC(C)C)NC(=O)[C@H](Cc1ccccc1)NC(=O)CNC(=O)CNC(=O)[C@@H](N)Cc1ccc(O)cc1. The Hall–Kier alpha value is -4.45. The summed E-state index contributed by atoms with van der Waals surface area (Å²) < 4.78 is 4.81. The molecular formula is C29H39N5O7. The minimum Gasteiger partial charge on any atom is -0.508 e. The normalized spacial score (nSPS) is 12.9. The summed E-state index contributed by atoms with van der Waals surface area (Å²) in [7, 11) is 1.24. The van der Waals surface area contributed by atoms with Crippen LogP contribution in [0.3, 0.4) is 0 Å². The van der Waals surface area contributed by atoms with Crippen LogP contribution in [0.15, 0.2) is 54.6 Å². The Bertz CT molecular complexity index is 1170. The molecule has 2 rings (SSSR count). The monoisotopic (exact) mass is 569 g/mol. The maximum atomic E-state index is 13.1. The van der Waals surface area contributed by atoms with Crippen molar-refractivity contribution in [1.82, 2.24) is 21.3 Å². The van der Waals surface area contributed by atoms with Crippen LogP contribution in [0.4, 0.5) is 0 Å². The van der Waals surface area contributed by atoms with Gasteiger partial charge in [-0.3, -0.25) is 19.2 Å². The first-order valence-corrected chi connectivity index (χ1v) is 13.3. The van der Waals surface area contributed by atoms with Gasteiger partial charge in [-0.05, 0) is 42.0 Å². The van der Waals surface area contributed by atoms with Crippen molar-refractivity contribution in [1.29, 1.82) is 0 Å². The first-order chi connectivity index (χ1) is 19.5. The van der Waals surface area contributed by atoms with E-state index in [1.807, 2.05) is 19.9 Å². The summed E-state index contributed by atoms with van der Waals surface area (Å²) in [5.74, 6) is -2.79. The van der Waals surface area contributed by atoms with E-state index >= 15 is 0 Å². The highest BCUT2D eigenvalue weighted by Crippen LogP contribution is 2.11. The number of rotatable bonds is 15. The van der Waals surface area contributed by atoms with Crippen LogP contribution >= 0.6 is 0 Å². The van der Waals surface area contributed by atoms with Gasteiger partial charge >= 0.3 is 5.97 Å². The number of nitrogens with one attached hydrogen (secondary N) is 4. The maximum absolute atomic E-state index is 13.1. The minimum absolute atomic E-state index is 0.0935. The van der Waals surface area contributed by atoms with E-state index in [0.717, 1.165) is 11.1 Å². The quantitative estimate of drug-likeness (QED) is 0.161. The molecule has 0 aliphatic heterocycles. The fraction of sp³-hybridized carbons (Fsp3) is 0.414. The van der Waals surface area contributed by atoms with Gasteiger partial charge in [0, 0.05) is 6.42 Å². The van der Waals surface area contributed by atoms with Gasteiger partial charge in [0.15, 0.2) is 0 Å². The van der Waals surface area contributed by atoms with Crippen molar-refractivity contribution in [2.75, 3.05) is 20.2 Å². The molecule has 222 valence electrons. The number of methoxy groups -OCH3 is 1. The second-order valence-electron chi connectivity index (χ2n) is 10.00. The van der Waals surface area contributed by atoms with Crippen molar-refractivity contribution in [2.45, 2.75) is 51.2 Å². The van der Waals surface area contributed by atoms with Crippen LogP contribution in [-0.2, 0) is 41.6 Å². The van der Waals surface area contributed by atoms with E-state index in [1.165, 1.54) is 19.2 Å². The number of hydrogen-bond donors (Lipinski definition) is 6. The molecule has 2 aromatic rings. The molecule has 12 heteroatoms. The molecule has 4 amide bonds. The zero-order valence-electron chi connectivity index (χ0n) is 23.5. The molecule has 0 aliphatic carbocycles. The summed E-state index contributed by atoms with van der Waals surface area (Å²) in [6.45, 7) is 2.96. The third-order valence-corrected chi connectivity index (χ3v) is 6.04. The molecule has 3 atom stereocenters. The number of phenolic OH excluding ortho intramolecular Hbond substituents is 1. The second kappa shape index (κ2) is 16.6. The van der Waals surface area contributed by atoms with Crippen molar-refractivity contribution in [2.24, 2.45) is 11.7 Å². The van der Waals surface area contributed by atoms with Gasteiger partial charge in [-0.15, -0.1) is 0 Å². The molecule has 2 aromatic carbocycles. The second-order valence-corrected chi connectivity index (χ2v) is 10.00. The van der Waals surface area contributed by atoms with E-state index in [-0.39, 0.29) is 24.5 Å². The van der Waals surface area contributed by atoms with Crippen LogP contribution in [0.1, 0.15) is 31.4 Å². The van der Waals surface area contributed by atoms with E-state index in [1.54, 1.807) is 36.4 Å². The van der Waals surface area contributed by atoms with Gasteiger partial charge in [0.2, 0.25) is 23.6 Å². The van der Waals surface area contributed by atoms with Crippen molar-refractivity contribution in [3.8, 4) is 5.75 Å². The fourth-order valence-corrected chi connectivity index (χ4v) is 3.92. The number of phenols is 1. The lowest BCUT2D eigenvalue weighted by atomic mass is 10.0. The molecule has 0 unspecified atom stereocenters. The Balaban J connectivity index is 1.91. The number of carbonyl (C=O) groups excluding carboxylic acids is 5. The summed E-state index contributed by atoms with van der Waals surface area (Å²) in [6, 6.07) is 12.4. The Morgan fingerprint density at radius 3 is 2.00 bits per heavy atom. The van der Waals surface area contributed by atoms with Crippen LogP contribution < -0.4 is 27.0 Å². The van der Waals surface area contributed by atoms with Crippen LogP contribution in [0.2, 0.25) is 0 Å². The lowest BCUT2D eigenvalue weighted by molar-refractivity contribution is -0.145. The van der Waals surface area contributed by atoms with E-state index in [4.69, 9.17) is 10.5 Å². The summed E-state index contributed by atoms with van der Waals surface area (Å²) >= 11 is 0. The summed E-state index contributed by atoms with van der Waals surface area (Å²) in [6.07, 6.45) is 0.705. The van der Waals surface area contributed by atoms with Crippen LogP contribution in [0, 0.1) is 5.92 Å². The topological polar surface area (TPSA) is 189 Å². The summed E-state index contributed by atoms with van der Waals surface area (Å²) in [4.78, 5) is 62.5. The average molecular weight is 570 g/mol. The molecule has 41 heavy (non-hydrogen) atoms. The molecular weight excluding hydrogens is 530 g/mol. The number of aromatic hydroxyl groups is 1. The predicted octanol–water partition coefficient (Wildman–Crippen LogP) is -0.0742. The molecule has 0 aliphatic rings. The third kappa shape index (κ3) is 12.1. The number of nitrogens with two attached hydrogens (primary N) is 1. The van der Waals surface area contributed by atoms with Crippen LogP contribution in [-0.4, -0.2) is 73.0 Å². The Morgan fingerprint density at radius 1 is 0.780 bits per heavy atom. The molecule has 0 aromatic heterocycles. The number of carbonyl (C=O) groups is 5. The average Bonchev–Trinajstić information content (AvgIpc) is 2.95. The molecule has 0 bridgehead atoms. The van der Waals surface area contributed by atoms with Crippen LogP contribution in [0.25, 0.3) is 0 Å². The zero-order valence-corrected chi connectivity index (χ0v) is 23.5. The molecule has 0 radical (unpaired) electrons. The number of amides is 4. The van der Waals surface area contributed by atoms with Gasteiger partial charge < -0.3 is 36.8 Å². The Morgan fingerprint density at radius 2 is 1.39 bits per heavy atom. The number of esters is 1. The Labute approximate surface area is 239 Å². The lowest BCUT2D eigenvalue weighted by Crippen LogP contribution is -2.54. The molecule has 0 saturated heterocycles. The van der Waals surface area contributed by atoms with Gasteiger partial charge in [0.1, 0.15) is 17.8 Å². The fourth-order valence-electron chi connectivity index (χ4n) is 3.92. The van der Waals surface area contributed by atoms with Crippen LogP contribution in [0.5, 0.6) is 5.75 Å². The summed E-state index contributed by atoms with van der Waals surface area (Å²) in [5.41, 5.74) is 7.41. The Kier molecular flexibility index (Phi) is 13.3. The van der Waals surface area contributed by atoms with Crippen molar-refractivity contribution < 1.29 is 33.8 Å². The first-order valence-electron chi connectivity index (χ1n) is 13.3. The maximum Gasteiger partial charge on any atom is 0.328 e. The van der Waals surface area contributed by atoms with E-state index in [0.29, 0.717) is 6.42 Å². The molecule has 0 fully saturated rings. The standard InChI is InChI=1S/C29H39N5O7/c1-18(2)13-24(29(40)41-3)34-28(39)23(15-19-7-5-4-6-8-19)33-26(37)17-31-25(36)16-32-27(38)22(30)14-20-9-11-21(35)12-10-20/h4-12,18,22-24,35H,13-17,30H2,1-3H3,(H,31,36)(H,32,38)(H,33,37)(H,34,39)/t22-,23-,24-/m0/s1. The van der Waals surface area contributed by atoms with E-state index < -0.39 is 60.8 Å². The highest BCUT2D eigenvalue weighted by Gasteiger charge is 2.28. The number of ether oxygens (including phenoxy) is 1. The zero-order chi connectivity index (χ0) is 30.4. The molecule has 0 heterocycles. The third-order valence-electron chi connectivity index (χ3n) is 6.04. The van der Waals surface area contributed by atoms with Gasteiger partial charge in [-0.2, -0.15) is 0 Å². The number of benzene rings is 2. The van der Waals surface area contributed by atoms with E-state index in [9.17, 15) is 29.1 Å². The van der Waals surface area contributed by atoms with Crippen molar-refractivity contribution in [3.05, 3.63) is 65.7 Å². The van der Waals surface area contributed by atoms with Crippen molar-refractivity contribution >= 4 is 29.6 Å². The van der Waals surface area contributed by atoms with Gasteiger partial charge in [-0.1, -0.05) is 56.3 Å². The molecule has 12 nitrogen and oxygen atoms in total. The van der Waals surface area contributed by atoms with E-state index in [2.05, 4.69) is 21.3 Å². The van der Waals surface area contributed by atoms with Gasteiger partial charge in [0.25, 0.3) is 0 Å². The summed E-state index contributed by atoms with van der Waals surface area (Å²) in [5, 5.41) is 19.4. The smallest absolute Gasteiger partial charge is 0.328 e. The van der Waals surface area contributed by atoms with Crippen molar-refractivity contribution in [3.63, 3.8) is 0 Å². The highest BCUT2D eigenvalue weighted by molar-refractivity contribution is 5.93.